The Morgan fingerprint density at radius 3 is 2.16 bits per heavy atom. The standard InChI is InChI=1S/C28H41N3O5S/c1-8-21(5)29-28(33)26(9-2)30(18-22-11-10-12-25(17-22)36-6)27(32)19-31(37(7,34)35)24-15-13-23(14-16-24)20(3)4/h10-17,20-21,26H,8-9,18-19H2,1-7H3,(H,29,33)/t21-,26-/m1/s1. The highest BCUT2D eigenvalue weighted by Gasteiger charge is 2.32. The second kappa shape index (κ2) is 13.5. The minimum absolute atomic E-state index is 0.0534. The molecule has 0 aromatic heterocycles. The molecule has 0 aliphatic rings. The van der Waals surface area contributed by atoms with Gasteiger partial charge in [-0.1, -0.05) is 52.0 Å². The van der Waals surface area contributed by atoms with Crippen molar-refractivity contribution in [2.45, 2.75) is 72.0 Å². The zero-order valence-electron chi connectivity index (χ0n) is 23.0. The molecule has 0 saturated heterocycles. The van der Waals surface area contributed by atoms with Crippen molar-refractivity contribution in [2.75, 3.05) is 24.2 Å². The first kappa shape index (κ1) is 30.2. The molecule has 0 aliphatic carbocycles. The number of carbonyl (C=O) groups excluding carboxylic acids is 2. The quantitative estimate of drug-likeness (QED) is 0.416. The van der Waals surface area contributed by atoms with Gasteiger partial charge in [-0.2, -0.15) is 0 Å². The molecule has 37 heavy (non-hydrogen) atoms. The van der Waals surface area contributed by atoms with E-state index in [1.165, 1.54) is 4.90 Å². The zero-order chi connectivity index (χ0) is 27.8. The lowest BCUT2D eigenvalue weighted by Crippen LogP contribution is -2.53. The third-order valence-electron chi connectivity index (χ3n) is 6.40. The van der Waals surface area contributed by atoms with Gasteiger partial charge in [-0.3, -0.25) is 13.9 Å². The number of hydrogen-bond acceptors (Lipinski definition) is 5. The summed E-state index contributed by atoms with van der Waals surface area (Å²) in [4.78, 5) is 28.4. The summed E-state index contributed by atoms with van der Waals surface area (Å²) >= 11 is 0. The number of amides is 2. The summed E-state index contributed by atoms with van der Waals surface area (Å²) < 4.78 is 32.0. The van der Waals surface area contributed by atoms with Crippen LogP contribution in [0.15, 0.2) is 48.5 Å². The molecule has 9 heteroatoms. The minimum atomic E-state index is -3.77. The van der Waals surface area contributed by atoms with Gasteiger partial charge >= 0.3 is 0 Å². The van der Waals surface area contributed by atoms with Gasteiger partial charge < -0.3 is 15.0 Å². The normalized spacial score (nSPS) is 13.1. The fourth-order valence-corrected chi connectivity index (χ4v) is 4.82. The molecule has 0 unspecified atom stereocenters. The predicted molar refractivity (Wildman–Crippen MR) is 148 cm³/mol. The summed E-state index contributed by atoms with van der Waals surface area (Å²) in [7, 11) is -2.21. The molecule has 8 nitrogen and oxygen atoms in total. The first-order chi connectivity index (χ1) is 17.4. The molecule has 0 bridgehead atoms. The molecule has 1 N–H and O–H groups in total. The molecular weight excluding hydrogens is 490 g/mol. The van der Waals surface area contributed by atoms with Gasteiger partial charge in [-0.25, -0.2) is 8.42 Å². The van der Waals surface area contributed by atoms with Crippen molar-refractivity contribution in [1.29, 1.82) is 0 Å². The highest BCUT2D eigenvalue weighted by atomic mass is 32.2. The van der Waals surface area contributed by atoms with Crippen molar-refractivity contribution in [3.8, 4) is 5.75 Å². The second-order valence-corrected chi connectivity index (χ2v) is 11.5. The molecule has 0 fully saturated rings. The number of hydrogen-bond donors (Lipinski definition) is 1. The summed E-state index contributed by atoms with van der Waals surface area (Å²) in [6, 6.07) is 13.6. The van der Waals surface area contributed by atoms with E-state index in [-0.39, 0.29) is 24.4 Å². The van der Waals surface area contributed by atoms with Gasteiger partial charge in [0.25, 0.3) is 0 Å². The van der Waals surface area contributed by atoms with Crippen LogP contribution in [0.25, 0.3) is 0 Å². The first-order valence-corrected chi connectivity index (χ1v) is 14.6. The second-order valence-electron chi connectivity index (χ2n) is 9.63. The molecule has 2 aromatic rings. The van der Waals surface area contributed by atoms with E-state index in [0.717, 1.165) is 28.1 Å². The average Bonchev–Trinajstić information content (AvgIpc) is 2.86. The number of sulfonamides is 1. The lowest BCUT2D eigenvalue weighted by molar-refractivity contribution is -0.140. The van der Waals surface area contributed by atoms with Crippen LogP contribution in [-0.2, 0) is 26.2 Å². The maximum Gasteiger partial charge on any atom is 0.244 e. The van der Waals surface area contributed by atoms with E-state index in [1.807, 2.05) is 45.0 Å². The third-order valence-corrected chi connectivity index (χ3v) is 7.54. The van der Waals surface area contributed by atoms with Crippen molar-refractivity contribution in [3.63, 3.8) is 0 Å². The van der Waals surface area contributed by atoms with Crippen LogP contribution in [0.2, 0.25) is 0 Å². The number of carbonyl (C=O) groups is 2. The average molecular weight is 532 g/mol. The molecule has 0 heterocycles. The molecular formula is C28H41N3O5S. The lowest BCUT2D eigenvalue weighted by atomic mass is 10.0. The molecule has 0 aliphatic heterocycles. The third kappa shape index (κ3) is 8.49. The van der Waals surface area contributed by atoms with E-state index in [2.05, 4.69) is 19.2 Å². The van der Waals surface area contributed by atoms with Gasteiger partial charge in [0.15, 0.2) is 0 Å². The predicted octanol–water partition coefficient (Wildman–Crippen LogP) is 4.31. The van der Waals surface area contributed by atoms with E-state index in [0.29, 0.717) is 17.9 Å². The van der Waals surface area contributed by atoms with Gasteiger partial charge in [0.2, 0.25) is 21.8 Å². The Hall–Kier alpha value is -3.07. The zero-order valence-corrected chi connectivity index (χ0v) is 23.8. The SMILES string of the molecule is CC[C@@H](C)NC(=O)[C@@H](CC)N(Cc1cccc(OC)c1)C(=O)CN(c1ccc(C(C)C)cc1)S(C)(=O)=O. The molecule has 204 valence electrons. The Bertz CT molecular complexity index is 1150. The fourth-order valence-electron chi connectivity index (χ4n) is 3.97. The van der Waals surface area contributed by atoms with E-state index in [1.54, 1.807) is 31.4 Å². The summed E-state index contributed by atoms with van der Waals surface area (Å²) in [5, 5.41) is 2.97. The number of benzene rings is 2. The monoisotopic (exact) mass is 531 g/mol. The van der Waals surface area contributed by atoms with Crippen molar-refractivity contribution < 1.29 is 22.7 Å². The summed E-state index contributed by atoms with van der Waals surface area (Å²) in [6.07, 6.45) is 2.20. The molecule has 2 amide bonds. The molecule has 0 radical (unpaired) electrons. The number of methoxy groups -OCH3 is 1. The van der Waals surface area contributed by atoms with Crippen LogP contribution in [0.4, 0.5) is 5.69 Å². The van der Waals surface area contributed by atoms with Crippen LogP contribution >= 0.6 is 0 Å². The Labute approximate surface area is 222 Å². The smallest absolute Gasteiger partial charge is 0.244 e. The molecule has 2 aromatic carbocycles. The van der Waals surface area contributed by atoms with Crippen molar-refractivity contribution in [2.24, 2.45) is 0 Å². The Morgan fingerprint density at radius 1 is 1.00 bits per heavy atom. The van der Waals surface area contributed by atoms with E-state index < -0.39 is 28.5 Å². The number of ether oxygens (including phenoxy) is 1. The topological polar surface area (TPSA) is 96.0 Å². The molecule has 0 spiro atoms. The van der Waals surface area contributed by atoms with Gasteiger partial charge in [0.05, 0.1) is 19.1 Å². The maximum absolute atomic E-state index is 13.8. The highest BCUT2D eigenvalue weighted by molar-refractivity contribution is 7.92. The van der Waals surface area contributed by atoms with Crippen LogP contribution in [-0.4, -0.2) is 57.1 Å². The molecule has 2 atom stereocenters. The Balaban J connectivity index is 2.45. The van der Waals surface area contributed by atoms with Crippen molar-refractivity contribution in [1.82, 2.24) is 10.2 Å². The molecule has 2 rings (SSSR count). The van der Waals surface area contributed by atoms with Gasteiger partial charge in [0, 0.05) is 12.6 Å². The number of anilines is 1. The van der Waals surface area contributed by atoms with E-state index in [4.69, 9.17) is 4.74 Å². The Kier molecular flexibility index (Phi) is 11.0. The van der Waals surface area contributed by atoms with Crippen molar-refractivity contribution >= 4 is 27.5 Å². The van der Waals surface area contributed by atoms with Crippen LogP contribution in [0, 0.1) is 0 Å². The summed E-state index contributed by atoms with van der Waals surface area (Å²) in [6.45, 7) is 9.54. The first-order valence-electron chi connectivity index (χ1n) is 12.7. The summed E-state index contributed by atoms with van der Waals surface area (Å²) in [5.74, 6) is 0.188. The van der Waals surface area contributed by atoms with Gasteiger partial charge in [0.1, 0.15) is 18.3 Å². The van der Waals surface area contributed by atoms with Crippen LogP contribution in [0.1, 0.15) is 64.5 Å². The van der Waals surface area contributed by atoms with Gasteiger partial charge in [-0.15, -0.1) is 0 Å². The van der Waals surface area contributed by atoms with Crippen LogP contribution < -0.4 is 14.4 Å². The number of rotatable bonds is 13. The maximum atomic E-state index is 13.8. The Morgan fingerprint density at radius 2 is 1.65 bits per heavy atom. The van der Waals surface area contributed by atoms with Crippen molar-refractivity contribution in [3.05, 3.63) is 59.7 Å². The number of nitrogens with zero attached hydrogens (tertiary/aromatic N) is 2. The summed E-state index contributed by atoms with van der Waals surface area (Å²) in [5.41, 5.74) is 2.24. The fraction of sp³-hybridized carbons (Fsp3) is 0.500. The van der Waals surface area contributed by atoms with Crippen LogP contribution in [0.5, 0.6) is 5.75 Å². The van der Waals surface area contributed by atoms with Gasteiger partial charge in [-0.05, 0) is 61.1 Å². The van der Waals surface area contributed by atoms with E-state index in [9.17, 15) is 18.0 Å². The van der Waals surface area contributed by atoms with Crippen LogP contribution in [0.3, 0.4) is 0 Å². The molecule has 0 saturated carbocycles. The number of nitrogens with one attached hydrogen (secondary N) is 1. The lowest BCUT2D eigenvalue weighted by Gasteiger charge is -2.33. The highest BCUT2D eigenvalue weighted by Crippen LogP contribution is 2.23. The largest absolute Gasteiger partial charge is 0.497 e. The van der Waals surface area contributed by atoms with E-state index >= 15 is 0 Å². The minimum Gasteiger partial charge on any atom is -0.497 e.